The molecule has 0 unspecified atom stereocenters. The zero-order chi connectivity index (χ0) is 16.5. The van der Waals surface area contributed by atoms with Gasteiger partial charge in [-0.15, -0.1) is 0 Å². The Bertz CT molecular complexity index is 607. The van der Waals surface area contributed by atoms with E-state index in [1.807, 2.05) is 19.1 Å². The van der Waals surface area contributed by atoms with E-state index in [4.69, 9.17) is 4.74 Å². The average Bonchev–Trinajstić information content (AvgIpc) is 2.81. The van der Waals surface area contributed by atoms with Crippen LogP contribution in [0.1, 0.15) is 32.8 Å². The predicted molar refractivity (Wildman–Crippen MR) is 96.9 cm³/mol. The van der Waals surface area contributed by atoms with Crippen molar-refractivity contribution in [1.29, 1.82) is 0 Å². The SMILES string of the molecule is Cc1ccc(S(=O)(=O)N[C@@H]2C[C@@H](C(C)(C)C)O[C@H]2CI)cc1. The average molecular weight is 437 g/mol. The quantitative estimate of drug-likeness (QED) is 0.581. The third-order valence-electron chi connectivity index (χ3n) is 4.01. The first-order chi connectivity index (χ1) is 10.1. The number of benzene rings is 1. The molecule has 0 aliphatic carbocycles. The molecule has 1 aromatic carbocycles. The fraction of sp³-hybridized carbons (Fsp3) is 0.625. The Morgan fingerprint density at radius 2 is 1.86 bits per heavy atom. The zero-order valence-electron chi connectivity index (χ0n) is 13.5. The van der Waals surface area contributed by atoms with E-state index in [1.54, 1.807) is 12.1 Å². The first-order valence-electron chi connectivity index (χ1n) is 7.44. The number of hydrogen-bond acceptors (Lipinski definition) is 3. The number of nitrogens with one attached hydrogen (secondary N) is 1. The molecule has 1 N–H and O–H groups in total. The van der Waals surface area contributed by atoms with Crippen LogP contribution >= 0.6 is 22.6 Å². The maximum Gasteiger partial charge on any atom is 0.240 e. The minimum absolute atomic E-state index is 0.00805. The van der Waals surface area contributed by atoms with Crippen LogP contribution < -0.4 is 4.72 Å². The number of aryl methyl sites for hydroxylation is 1. The van der Waals surface area contributed by atoms with Gasteiger partial charge in [-0.05, 0) is 30.9 Å². The Morgan fingerprint density at radius 3 is 2.36 bits per heavy atom. The molecule has 0 saturated carbocycles. The summed E-state index contributed by atoms with van der Waals surface area (Å²) in [7, 11) is -3.51. The van der Waals surface area contributed by atoms with Crippen molar-refractivity contribution in [3.63, 3.8) is 0 Å². The summed E-state index contributed by atoms with van der Waals surface area (Å²) in [6.07, 6.45) is 0.699. The minimum atomic E-state index is -3.51. The zero-order valence-corrected chi connectivity index (χ0v) is 16.4. The summed E-state index contributed by atoms with van der Waals surface area (Å²) in [5.74, 6) is 0. The Labute approximate surface area is 147 Å². The van der Waals surface area contributed by atoms with Crippen molar-refractivity contribution in [2.45, 2.75) is 57.3 Å². The summed E-state index contributed by atoms with van der Waals surface area (Å²) in [6, 6.07) is 6.75. The Hall–Kier alpha value is -0.180. The smallest absolute Gasteiger partial charge is 0.240 e. The van der Waals surface area contributed by atoms with Crippen molar-refractivity contribution < 1.29 is 13.2 Å². The van der Waals surface area contributed by atoms with Gasteiger partial charge in [-0.1, -0.05) is 61.1 Å². The number of rotatable bonds is 4. The molecule has 1 aliphatic heterocycles. The molecular weight excluding hydrogens is 413 g/mol. The number of sulfonamides is 1. The van der Waals surface area contributed by atoms with Crippen LogP contribution in [0.5, 0.6) is 0 Å². The normalized spacial score (nSPS) is 26.3. The molecule has 0 spiro atoms. The molecule has 3 atom stereocenters. The van der Waals surface area contributed by atoms with Gasteiger partial charge in [0.15, 0.2) is 0 Å². The first kappa shape index (κ1) is 18.2. The molecule has 124 valence electrons. The van der Waals surface area contributed by atoms with Gasteiger partial charge in [0, 0.05) is 4.43 Å². The second kappa shape index (κ2) is 6.75. The van der Waals surface area contributed by atoms with Crippen molar-refractivity contribution in [2.75, 3.05) is 4.43 Å². The highest BCUT2D eigenvalue weighted by Crippen LogP contribution is 2.34. The van der Waals surface area contributed by atoms with Crippen molar-refractivity contribution in [1.82, 2.24) is 4.72 Å². The lowest BCUT2D eigenvalue weighted by atomic mass is 9.87. The second-order valence-electron chi connectivity index (χ2n) is 6.96. The van der Waals surface area contributed by atoms with Crippen molar-refractivity contribution in [3.05, 3.63) is 29.8 Å². The molecule has 1 aliphatic rings. The van der Waals surface area contributed by atoms with Gasteiger partial charge >= 0.3 is 0 Å². The third kappa shape index (κ3) is 4.21. The van der Waals surface area contributed by atoms with Crippen LogP contribution in [0.25, 0.3) is 0 Å². The largest absolute Gasteiger partial charge is 0.372 e. The van der Waals surface area contributed by atoms with Gasteiger partial charge in [0.05, 0.1) is 23.1 Å². The lowest BCUT2D eigenvalue weighted by Crippen LogP contribution is -2.41. The molecule has 0 radical (unpaired) electrons. The third-order valence-corrected chi connectivity index (χ3v) is 6.39. The topological polar surface area (TPSA) is 55.4 Å². The van der Waals surface area contributed by atoms with E-state index in [9.17, 15) is 8.42 Å². The van der Waals surface area contributed by atoms with Crippen LogP contribution in [0.2, 0.25) is 0 Å². The second-order valence-corrected chi connectivity index (χ2v) is 9.55. The Morgan fingerprint density at radius 1 is 1.27 bits per heavy atom. The maximum atomic E-state index is 12.5. The number of halogens is 1. The molecule has 22 heavy (non-hydrogen) atoms. The van der Waals surface area contributed by atoms with Gasteiger partial charge in [0.1, 0.15) is 0 Å². The lowest BCUT2D eigenvalue weighted by molar-refractivity contribution is -0.00700. The van der Waals surface area contributed by atoms with Crippen molar-refractivity contribution in [3.8, 4) is 0 Å². The van der Waals surface area contributed by atoms with Crippen molar-refractivity contribution >= 4 is 32.6 Å². The molecule has 1 saturated heterocycles. The highest BCUT2D eigenvalue weighted by atomic mass is 127. The minimum Gasteiger partial charge on any atom is -0.372 e. The molecule has 6 heteroatoms. The molecule has 1 heterocycles. The Balaban J connectivity index is 2.16. The maximum absolute atomic E-state index is 12.5. The van der Waals surface area contributed by atoms with Crippen LogP contribution in [0, 0.1) is 12.3 Å². The molecule has 0 amide bonds. The van der Waals surface area contributed by atoms with Crippen molar-refractivity contribution in [2.24, 2.45) is 5.41 Å². The monoisotopic (exact) mass is 437 g/mol. The van der Waals surface area contributed by atoms with E-state index >= 15 is 0 Å². The summed E-state index contributed by atoms with van der Waals surface area (Å²) < 4.78 is 34.8. The van der Waals surface area contributed by atoms with Gasteiger partial charge < -0.3 is 4.74 Å². The predicted octanol–water partition coefficient (Wildman–Crippen LogP) is 3.28. The summed E-state index contributed by atoms with van der Waals surface area (Å²) in [5, 5.41) is 0. The van der Waals surface area contributed by atoms with Crippen LogP contribution in [0.4, 0.5) is 0 Å². The van der Waals surface area contributed by atoms with E-state index in [2.05, 4.69) is 48.1 Å². The fourth-order valence-electron chi connectivity index (χ4n) is 2.55. The van der Waals surface area contributed by atoms with Gasteiger partial charge in [0.2, 0.25) is 10.0 Å². The van der Waals surface area contributed by atoms with E-state index in [0.29, 0.717) is 11.3 Å². The van der Waals surface area contributed by atoms with Gasteiger partial charge in [-0.2, -0.15) is 0 Å². The number of hydrogen-bond donors (Lipinski definition) is 1. The van der Waals surface area contributed by atoms with E-state index in [1.165, 1.54) is 0 Å². The highest BCUT2D eigenvalue weighted by molar-refractivity contribution is 14.1. The standard InChI is InChI=1S/C16H24INO3S/c1-11-5-7-12(8-6-11)22(19,20)18-13-9-15(16(2,3)4)21-14(13)10-17/h5-8,13-15,18H,9-10H2,1-4H3/t13-,14+,15+/m1/s1. The molecular formula is C16H24INO3S. The van der Waals surface area contributed by atoms with E-state index in [0.717, 1.165) is 9.99 Å². The number of alkyl halides is 1. The summed E-state index contributed by atoms with van der Waals surface area (Å²) in [6.45, 7) is 8.31. The summed E-state index contributed by atoms with van der Waals surface area (Å²) >= 11 is 2.25. The highest BCUT2D eigenvalue weighted by Gasteiger charge is 2.41. The molecule has 1 aromatic rings. The van der Waals surface area contributed by atoms with Gasteiger partial charge in [-0.25, -0.2) is 13.1 Å². The fourth-order valence-corrected chi connectivity index (χ4v) is 4.65. The number of ether oxygens (including phenoxy) is 1. The molecule has 4 nitrogen and oxygen atoms in total. The Kier molecular flexibility index (Phi) is 5.57. The van der Waals surface area contributed by atoms with E-state index < -0.39 is 10.0 Å². The molecule has 1 fully saturated rings. The van der Waals surface area contributed by atoms with Crippen LogP contribution in [-0.2, 0) is 14.8 Å². The molecule has 0 aromatic heterocycles. The first-order valence-corrected chi connectivity index (χ1v) is 10.4. The van der Waals surface area contributed by atoms with E-state index in [-0.39, 0.29) is 23.7 Å². The van der Waals surface area contributed by atoms with Gasteiger partial charge in [-0.3, -0.25) is 0 Å². The lowest BCUT2D eigenvalue weighted by Gasteiger charge is -2.26. The molecule has 0 bridgehead atoms. The van der Waals surface area contributed by atoms with Crippen LogP contribution in [0.3, 0.4) is 0 Å². The summed E-state index contributed by atoms with van der Waals surface area (Å²) in [4.78, 5) is 0.310. The van der Waals surface area contributed by atoms with Gasteiger partial charge in [0.25, 0.3) is 0 Å². The van der Waals surface area contributed by atoms with Crippen LogP contribution in [-0.4, -0.2) is 31.1 Å². The summed E-state index contributed by atoms with van der Waals surface area (Å²) in [5.41, 5.74) is 1.05. The molecule has 2 rings (SSSR count). The van der Waals surface area contributed by atoms with Crippen LogP contribution in [0.15, 0.2) is 29.2 Å².